The number of aryl methyl sites for hydroxylation is 1. The van der Waals surface area contributed by atoms with Crippen molar-refractivity contribution in [3.05, 3.63) is 33.1 Å². The molecule has 1 rings (SSSR count). The van der Waals surface area contributed by atoms with E-state index in [2.05, 4.69) is 0 Å². The van der Waals surface area contributed by atoms with Gasteiger partial charge in [0.15, 0.2) is 0 Å². The Morgan fingerprint density at radius 1 is 1.25 bits per heavy atom. The quantitative estimate of drug-likeness (QED) is 0.634. The molecular formula is C10H17N3O3. The smallest absolute Gasteiger partial charge is 0.330 e. The molecule has 1 aromatic heterocycles. The molecule has 1 aromatic rings. The molecule has 0 amide bonds. The zero-order valence-corrected chi connectivity index (χ0v) is 9.13. The molecule has 0 aromatic carbocycles. The lowest BCUT2D eigenvalue weighted by atomic mass is 10.4. The third kappa shape index (κ3) is 3.04. The normalized spacial score (nSPS) is 10.6. The zero-order valence-electron chi connectivity index (χ0n) is 9.13. The SMILES string of the molecule is NCCCn1c(=O)ccn(CCCO)c1=O. The Bertz CT molecular complexity index is 436. The molecular weight excluding hydrogens is 210 g/mol. The van der Waals surface area contributed by atoms with Crippen molar-refractivity contribution in [1.29, 1.82) is 0 Å². The minimum atomic E-state index is -0.339. The number of nitrogens with two attached hydrogens (primary N) is 1. The lowest BCUT2D eigenvalue weighted by Crippen LogP contribution is -2.39. The number of aromatic nitrogens is 2. The molecule has 0 radical (unpaired) electrons. The average Bonchev–Trinajstić information content (AvgIpc) is 2.28. The predicted molar refractivity (Wildman–Crippen MR) is 60.3 cm³/mol. The van der Waals surface area contributed by atoms with Gasteiger partial charge < -0.3 is 15.4 Å². The van der Waals surface area contributed by atoms with Gasteiger partial charge in [-0.05, 0) is 19.4 Å². The van der Waals surface area contributed by atoms with Crippen molar-refractivity contribution in [1.82, 2.24) is 9.13 Å². The molecule has 3 N–H and O–H groups in total. The number of nitrogens with zero attached hydrogens (tertiary/aromatic N) is 2. The van der Waals surface area contributed by atoms with Crippen LogP contribution in [0.3, 0.4) is 0 Å². The third-order valence-corrected chi connectivity index (χ3v) is 2.28. The highest BCUT2D eigenvalue weighted by Gasteiger charge is 2.03. The molecule has 1 heterocycles. The van der Waals surface area contributed by atoms with E-state index in [-0.39, 0.29) is 17.9 Å². The molecule has 0 unspecified atom stereocenters. The van der Waals surface area contributed by atoms with Crippen molar-refractivity contribution in [2.75, 3.05) is 13.2 Å². The van der Waals surface area contributed by atoms with E-state index in [4.69, 9.17) is 10.8 Å². The van der Waals surface area contributed by atoms with Crippen LogP contribution in [0.4, 0.5) is 0 Å². The molecule has 0 spiro atoms. The van der Waals surface area contributed by atoms with Crippen LogP contribution in [-0.2, 0) is 13.1 Å². The second-order valence-electron chi connectivity index (χ2n) is 3.50. The molecule has 0 aliphatic heterocycles. The van der Waals surface area contributed by atoms with Crippen LogP contribution < -0.4 is 17.0 Å². The van der Waals surface area contributed by atoms with E-state index in [0.717, 1.165) is 0 Å². The molecule has 90 valence electrons. The molecule has 0 bridgehead atoms. The summed E-state index contributed by atoms with van der Waals surface area (Å²) in [6.45, 7) is 1.22. The van der Waals surface area contributed by atoms with Crippen LogP contribution in [0.1, 0.15) is 12.8 Å². The summed E-state index contributed by atoms with van der Waals surface area (Å²) in [5.41, 5.74) is 4.69. The average molecular weight is 227 g/mol. The summed E-state index contributed by atoms with van der Waals surface area (Å²) in [5, 5.41) is 8.68. The van der Waals surface area contributed by atoms with Crippen LogP contribution in [0.5, 0.6) is 0 Å². The maximum Gasteiger partial charge on any atom is 0.330 e. The summed E-state index contributed by atoms with van der Waals surface area (Å²) >= 11 is 0. The van der Waals surface area contributed by atoms with Gasteiger partial charge in [0.2, 0.25) is 0 Å². The Kier molecular flexibility index (Phi) is 4.94. The molecule has 0 aliphatic rings. The van der Waals surface area contributed by atoms with E-state index in [9.17, 15) is 9.59 Å². The fourth-order valence-corrected chi connectivity index (χ4v) is 1.42. The van der Waals surface area contributed by atoms with Crippen molar-refractivity contribution in [3.8, 4) is 0 Å². The highest BCUT2D eigenvalue weighted by atomic mass is 16.3. The van der Waals surface area contributed by atoms with Crippen molar-refractivity contribution >= 4 is 0 Å². The fraction of sp³-hybridized carbons (Fsp3) is 0.600. The first-order valence-electron chi connectivity index (χ1n) is 5.32. The molecule has 0 aliphatic carbocycles. The largest absolute Gasteiger partial charge is 0.396 e. The molecule has 0 saturated carbocycles. The topological polar surface area (TPSA) is 90.2 Å². The van der Waals surface area contributed by atoms with Crippen LogP contribution in [0.25, 0.3) is 0 Å². The third-order valence-electron chi connectivity index (χ3n) is 2.28. The summed E-state index contributed by atoms with van der Waals surface area (Å²) in [5.74, 6) is 0. The van der Waals surface area contributed by atoms with Gasteiger partial charge in [-0.3, -0.25) is 9.36 Å². The van der Waals surface area contributed by atoms with Gasteiger partial charge in [-0.15, -0.1) is 0 Å². The Hall–Kier alpha value is -1.40. The van der Waals surface area contributed by atoms with Crippen molar-refractivity contribution in [2.45, 2.75) is 25.9 Å². The Morgan fingerprint density at radius 2 is 2.00 bits per heavy atom. The van der Waals surface area contributed by atoms with Crippen LogP contribution in [0.15, 0.2) is 21.9 Å². The number of aliphatic hydroxyl groups is 1. The van der Waals surface area contributed by atoms with E-state index in [0.29, 0.717) is 32.5 Å². The molecule has 0 saturated heterocycles. The summed E-state index contributed by atoms with van der Waals surface area (Å²) in [6, 6.07) is 1.36. The first kappa shape index (κ1) is 12.7. The molecule has 6 nitrogen and oxygen atoms in total. The first-order valence-corrected chi connectivity index (χ1v) is 5.32. The minimum absolute atomic E-state index is 0.0222. The van der Waals surface area contributed by atoms with Crippen molar-refractivity contribution in [3.63, 3.8) is 0 Å². The van der Waals surface area contributed by atoms with Gasteiger partial charge >= 0.3 is 5.69 Å². The fourth-order valence-electron chi connectivity index (χ4n) is 1.42. The Balaban J connectivity index is 2.97. The molecule has 6 heteroatoms. The van der Waals surface area contributed by atoms with E-state index in [1.807, 2.05) is 0 Å². The maximum absolute atomic E-state index is 11.8. The van der Waals surface area contributed by atoms with Crippen molar-refractivity contribution < 1.29 is 5.11 Å². The zero-order chi connectivity index (χ0) is 12.0. The number of hydrogen-bond donors (Lipinski definition) is 2. The maximum atomic E-state index is 11.8. The van der Waals surface area contributed by atoms with E-state index in [1.165, 1.54) is 21.4 Å². The van der Waals surface area contributed by atoms with Gasteiger partial charge in [0.05, 0.1) is 0 Å². The summed E-state index contributed by atoms with van der Waals surface area (Å²) in [7, 11) is 0. The molecule has 16 heavy (non-hydrogen) atoms. The molecule has 0 atom stereocenters. The Morgan fingerprint density at radius 3 is 2.62 bits per heavy atom. The van der Waals surface area contributed by atoms with Gasteiger partial charge in [-0.1, -0.05) is 0 Å². The first-order chi connectivity index (χ1) is 7.70. The Labute approximate surface area is 92.9 Å². The highest BCUT2D eigenvalue weighted by Crippen LogP contribution is 1.85. The second kappa shape index (κ2) is 6.24. The summed E-state index contributed by atoms with van der Waals surface area (Å²) in [4.78, 5) is 23.2. The monoisotopic (exact) mass is 227 g/mol. The standard InChI is InChI=1S/C10H17N3O3/c11-4-1-6-13-9(15)3-7-12(10(13)16)5-2-8-14/h3,7,14H,1-2,4-6,8,11H2. The number of rotatable bonds is 6. The number of aliphatic hydroxyl groups excluding tert-OH is 1. The number of hydrogen-bond acceptors (Lipinski definition) is 4. The van der Waals surface area contributed by atoms with E-state index in [1.54, 1.807) is 0 Å². The van der Waals surface area contributed by atoms with E-state index >= 15 is 0 Å². The molecule has 0 fully saturated rings. The summed E-state index contributed by atoms with van der Waals surface area (Å²) < 4.78 is 2.60. The van der Waals surface area contributed by atoms with Crippen LogP contribution in [0.2, 0.25) is 0 Å². The lowest BCUT2D eigenvalue weighted by molar-refractivity contribution is 0.278. The minimum Gasteiger partial charge on any atom is -0.396 e. The lowest BCUT2D eigenvalue weighted by Gasteiger charge is -2.08. The van der Waals surface area contributed by atoms with Gasteiger partial charge in [-0.25, -0.2) is 4.79 Å². The van der Waals surface area contributed by atoms with Gasteiger partial charge in [0, 0.05) is 32.0 Å². The highest BCUT2D eigenvalue weighted by molar-refractivity contribution is 4.86. The van der Waals surface area contributed by atoms with Crippen LogP contribution >= 0.6 is 0 Å². The van der Waals surface area contributed by atoms with Crippen molar-refractivity contribution in [2.24, 2.45) is 5.73 Å². The van der Waals surface area contributed by atoms with Gasteiger partial charge in [-0.2, -0.15) is 0 Å². The van der Waals surface area contributed by atoms with E-state index < -0.39 is 0 Å². The van der Waals surface area contributed by atoms with Crippen LogP contribution in [0, 0.1) is 0 Å². The van der Waals surface area contributed by atoms with Crippen LogP contribution in [-0.4, -0.2) is 27.4 Å². The second-order valence-corrected chi connectivity index (χ2v) is 3.50. The summed E-state index contributed by atoms with van der Waals surface area (Å²) in [6.07, 6.45) is 2.55. The van der Waals surface area contributed by atoms with Gasteiger partial charge in [0.25, 0.3) is 5.56 Å². The predicted octanol–water partition coefficient (Wildman–Crippen LogP) is -1.26. The van der Waals surface area contributed by atoms with Gasteiger partial charge in [0.1, 0.15) is 0 Å².